The van der Waals surface area contributed by atoms with Gasteiger partial charge >= 0.3 is 0 Å². The normalized spacial score (nSPS) is 13.3. The van der Waals surface area contributed by atoms with Gasteiger partial charge in [-0.05, 0) is 30.7 Å². The van der Waals surface area contributed by atoms with Gasteiger partial charge in [0.05, 0.1) is 0 Å². The molecule has 0 heterocycles. The van der Waals surface area contributed by atoms with Crippen molar-refractivity contribution in [1.82, 2.24) is 0 Å². The molecule has 0 fully saturated rings. The van der Waals surface area contributed by atoms with E-state index in [4.69, 9.17) is 0 Å². The standard InChI is InChI=1S/C13H19/c1-10(2)12(4)9-13-7-5-11(3)6-8-13/h5-10,12H,1-4H3. The Kier molecular flexibility index (Phi) is 3.53. The van der Waals surface area contributed by atoms with E-state index in [9.17, 15) is 0 Å². The smallest absolute Gasteiger partial charge is 0.00623 e. The van der Waals surface area contributed by atoms with Crippen LogP contribution in [0, 0.1) is 25.2 Å². The van der Waals surface area contributed by atoms with Gasteiger partial charge < -0.3 is 0 Å². The summed E-state index contributed by atoms with van der Waals surface area (Å²) in [6.45, 7) is 8.91. The molecule has 0 N–H and O–H groups in total. The van der Waals surface area contributed by atoms with Gasteiger partial charge in [-0.3, -0.25) is 0 Å². The van der Waals surface area contributed by atoms with Crippen LogP contribution in [0.2, 0.25) is 0 Å². The summed E-state index contributed by atoms with van der Waals surface area (Å²) in [6, 6.07) is 8.71. The summed E-state index contributed by atoms with van der Waals surface area (Å²) in [5.74, 6) is 1.38. The third kappa shape index (κ3) is 3.22. The van der Waals surface area contributed by atoms with Crippen molar-refractivity contribution in [3.05, 3.63) is 41.8 Å². The lowest BCUT2D eigenvalue weighted by Gasteiger charge is -2.14. The summed E-state index contributed by atoms with van der Waals surface area (Å²) >= 11 is 0. The molecule has 71 valence electrons. The molecule has 1 atom stereocenters. The fourth-order valence-corrected chi connectivity index (χ4v) is 1.17. The largest absolute Gasteiger partial charge is 0.0625 e. The average molecular weight is 175 g/mol. The van der Waals surface area contributed by atoms with E-state index in [1.54, 1.807) is 0 Å². The fourth-order valence-electron chi connectivity index (χ4n) is 1.17. The van der Waals surface area contributed by atoms with Gasteiger partial charge in [0, 0.05) is 0 Å². The number of aryl methyl sites for hydroxylation is 1. The third-order valence-corrected chi connectivity index (χ3v) is 2.58. The predicted octanol–water partition coefficient (Wildman–Crippen LogP) is 3.84. The minimum Gasteiger partial charge on any atom is -0.0625 e. The highest BCUT2D eigenvalue weighted by Gasteiger charge is 2.07. The number of hydrogen-bond donors (Lipinski definition) is 0. The van der Waals surface area contributed by atoms with Gasteiger partial charge in [-0.1, -0.05) is 50.6 Å². The van der Waals surface area contributed by atoms with E-state index >= 15 is 0 Å². The zero-order chi connectivity index (χ0) is 9.84. The highest BCUT2D eigenvalue weighted by Crippen LogP contribution is 2.18. The minimum atomic E-state index is 0.655. The minimum absolute atomic E-state index is 0.655. The number of rotatable bonds is 3. The topological polar surface area (TPSA) is 0 Å². The summed E-state index contributed by atoms with van der Waals surface area (Å²) < 4.78 is 0. The quantitative estimate of drug-likeness (QED) is 0.654. The van der Waals surface area contributed by atoms with Crippen LogP contribution in [0.25, 0.3) is 0 Å². The van der Waals surface area contributed by atoms with Crippen molar-refractivity contribution in [2.24, 2.45) is 11.8 Å². The Morgan fingerprint density at radius 2 is 1.54 bits per heavy atom. The van der Waals surface area contributed by atoms with Gasteiger partial charge in [0.1, 0.15) is 0 Å². The van der Waals surface area contributed by atoms with E-state index in [0.717, 1.165) is 5.92 Å². The fraction of sp³-hybridized carbons (Fsp3) is 0.462. The Labute approximate surface area is 82.0 Å². The molecule has 1 rings (SSSR count). The highest BCUT2D eigenvalue weighted by atomic mass is 14.1. The van der Waals surface area contributed by atoms with Crippen LogP contribution in [-0.2, 0) is 0 Å². The zero-order valence-corrected chi connectivity index (χ0v) is 9.04. The number of benzene rings is 1. The first-order valence-corrected chi connectivity index (χ1v) is 5.01. The molecule has 0 bridgehead atoms. The third-order valence-electron chi connectivity index (χ3n) is 2.58. The van der Waals surface area contributed by atoms with Crippen molar-refractivity contribution < 1.29 is 0 Å². The molecule has 0 aliphatic rings. The van der Waals surface area contributed by atoms with Gasteiger partial charge in [-0.25, -0.2) is 0 Å². The van der Waals surface area contributed by atoms with Crippen LogP contribution in [0.3, 0.4) is 0 Å². The van der Waals surface area contributed by atoms with Crippen LogP contribution in [-0.4, -0.2) is 0 Å². The molecule has 1 aromatic rings. The van der Waals surface area contributed by atoms with E-state index in [-0.39, 0.29) is 0 Å². The molecule has 0 amide bonds. The lowest BCUT2D eigenvalue weighted by Crippen LogP contribution is -2.04. The maximum atomic E-state index is 2.34. The molecule has 0 aromatic heterocycles. The van der Waals surface area contributed by atoms with Crippen molar-refractivity contribution >= 4 is 0 Å². The maximum Gasteiger partial charge on any atom is -0.00623 e. The summed E-state index contributed by atoms with van der Waals surface area (Å²) in [6.07, 6.45) is 2.34. The van der Waals surface area contributed by atoms with E-state index in [1.807, 2.05) is 0 Å². The van der Waals surface area contributed by atoms with Crippen molar-refractivity contribution in [2.75, 3.05) is 0 Å². The van der Waals surface area contributed by atoms with Gasteiger partial charge in [0.15, 0.2) is 0 Å². The second kappa shape index (κ2) is 4.45. The number of hydrogen-bond acceptors (Lipinski definition) is 0. The molecule has 1 radical (unpaired) electrons. The van der Waals surface area contributed by atoms with E-state index in [0.29, 0.717) is 5.92 Å². The Hall–Kier alpha value is -0.780. The molecule has 1 aromatic carbocycles. The molecule has 0 aliphatic carbocycles. The van der Waals surface area contributed by atoms with Crippen LogP contribution in [0.5, 0.6) is 0 Å². The molecule has 0 saturated heterocycles. The van der Waals surface area contributed by atoms with Crippen molar-refractivity contribution in [3.8, 4) is 0 Å². The zero-order valence-electron chi connectivity index (χ0n) is 9.04. The molecule has 1 unspecified atom stereocenters. The Morgan fingerprint density at radius 3 is 2.00 bits per heavy atom. The van der Waals surface area contributed by atoms with Gasteiger partial charge in [0.2, 0.25) is 0 Å². The average Bonchev–Trinajstić information content (AvgIpc) is 2.08. The predicted molar refractivity (Wildman–Crippen MR) is 58.6 cm³/mol. The first-order valence-electron chi connectivity index (χ1n) is 5.01. The van der Waals surface area contributed by atoms with E-state index in [1.165, 1.54) is 11.1 Å². The first-order chi connectivity index (χ1) is 6.09. The van der Waals surface area contributed by atoms with Crippen LogP contribution < -0.4 is 0 Å². The van der Waals surface area contributed by atoms with Crippen LogP contribution in [0.15, 0.2) is 24.3 Å². The van der Waals surface area contributed by atoms with Crippen LogP contribution in [0.1, 0.15) is 31.9 Å². The molecule has 13 heavy (non-hydrogen) atoms. The molecule has 0 spiro atoms. The lowest BCUT2D eigenvalue weighted by atomic mass is 9.91. The Bertz CT molecular complexity index is 243. The van der Waals surface area contributed by atoms with Gasteiger partial charge in [-0.2, -0.15) is 0 Å². The second-order valence-electron chi connectivity index (χ2n) is 4.18. The summed E-state index contributed by atoms with van der Waals surface area (Å²) in [4.78, 5) is 0. The Balaban J connectivity index is 2.59. The van der Waals surface area contributed by atoms with E-state index < -0.39 is 0 Å². The summed E-state index contributed by atoms with van der Waals surface area (Å²) in [5, 5.41) is 0. The monoisotopic (exact) mass is 175 g/mol. The summed E-state index contributed by atoms with van der Waals surface area (Å²) in [5.41, 5.74) is 2.67. The van der Waals surface area contributed by atoms with Crippen LogP contribution in [0.4, 0.5) is 0 Å². The second-order valence-corrected chi connectivity index (χ2v) is 4.18. The molecule has 0 saturated carbocycles. The molecular formula is C13H19. The molecule has 0 aliphatic heterocycles. The van der Waals surface area contributed by atoms with Crippen molar-refractivity contribution in [1.29, 1.82) is 0 Å². The molecule has 0 heteroatoms. The van der Waals surface area contributed by atoms with Crippen molar-refractivity contribution in [3.63, 3.8) is 0 Å². The maximum absolute atomic E-state index is 2.34. The first kappa shape index (κ1) is 10.3. The van der Waals surface area contributed by atoms with Crippen molar-refractivity contribution in [2.45, 2.75) is 27.7 Å². The molecular weight excluding hydrogens is 156 g/mol. The molecule has 0 nitrogen and oxygen atoms in total. The summed E-state index contributed by atoms with van der Waals surface area (Å²) in [7, 11) is 0. The van der Waals surface area contributed by atoms with E-state index in [2.05, 4.69) is 58.4 Å². The SMILES string of the molecule is Cc1ccc([CH]C(C)C(C)C)cc1. The Morgan fingerprint density at radius 1 is 1.00 bits per heavy atom. The lowest BCUT2D eigenvalue weighted by molar-refractivity contribution is 0.481. The van der Waals surface area contributed by atoms with Gasteiger partial charge in [0.25, 0.3) is 0 Å². The highest BCUT2D eigenvalue weighted by molar-refractivity contribution is 5.27. The van der Waals surface area contributed by atoms with Gasteiger partial charge in [-0.15, -0.1) is 0 Å². The van der Waals surface area contributed by atoms with Crippen LogP contribution >= 0.6 is 0 Å².